The molecule has 0 spiro atoms. The van der Waals surface area contributed by atoms with Crippen LogP contribution in [0.25, 0.3) is 0 Å². The van der Waals surface area contributed by atoms with Gasteiger partial charge in [-0.25, -0.2) is 4.39 Å². The van der Waals surface area contributed by atoms with Crippen LogP contribution >= 0.6 is 11.6 Å². The van der Waals surface area contributed by atoms with Gasteiger partial charge in [-0.1, -0.05) is 17.7 Å². The Balaban J connectivity index is 2.03. The van der Waals surface area contributed by atoms with E-state index >= 15 is 0 Å². The van der Waals surface area contributed by atoms with Crippen LogP contribution in [0.4, 0.5) is 23.2 Å². The van der Waals surface area contributed by atoms with Gasteiger partial charge in [0.15, 0.2) is 0 Å². The van der Waals surface area contributed by atoms with Crippen molar-refractivity contribution in [1.82, 2.24) is 5.32 Å². The molecule has 0 radical (unpaired) electrons. The summed E-state index contributed by atoms with van der Waals surface area (Å²) in [6.45, 7) is -0.588. The van der Waals surface area contributed by atoms with Crippen molar-refractivity contribution >= 4 is 29.1 Å². The van der Waals surface area contributed by atoms with Gasteiger partial charge in [-0.05, 0) is 36.4 Å². The Morgan fingerprint density at radius 3 is 2.44 bits per heavy atom. The lowest BCUT2D eigenvalue weighted by Gasteiger charge is -2.14. The third kappa shape index (κ3) is 5.18. The first-order valence-electron chi connectivity index (χ1n) is 6.87. The second-order valence-electron chi connectivity index (χ2n) is 4.93. The summed E-state index contributed by atoms with van der Waals surface area (Å²) in [6, 6.07) is 7.64. The number of halogens is 5. The highest BCUT2D eigenvalue weighted by atomic mass is 35.5. The average Bonchev–Trinajstić information content (AvgIpc) is 2.53. The van der Waals surface area contributed by atoms with Crippen molar-refractivity contribution < 1.29 is 27.2 Å². The van der Waals surface area contributed by atoms with E-state index in [4.69, 9.17) is 11.6 Å². The Morgan fingerprint density at radius 2 is 1.80 bits per heavy atom. The molecule has 0 fully saturated rings. The third-order valence-electron chi connectivity index (χ3n) is 3.06. The lowest BCUT2D eigenvalue weighted by Crippen LogP contribution is -2.33. The van der Waals surface area contributed by atoms with Crippen LogP contribution in [0.3, 0.4) is 0 Å². The van der Waals surface area contributed by atoms with Crippen molar-refractivity contribution in [3.63, 3.8) is 0 Å². The summed E-state index contributed by atoms with van der Waals surface area (Å²) < 4.78 is 51.8. The highest BCUT2D eigenvalue weighted by Crippen LogP contribution is 2.36. The molecule has 0 saturated carbocycles. The summed E-state index contributed by atoms with van der Waals surface area (Å²) in [4.78, 5) is 23.5. The number of benzene rings is 2. The van der Waals surface area contributed by atoms with Gasteiger partial charge in [0.1, 0.15) is 5.82 Å². The maximum absolute atomic E-state index is 13.0. The second-order valence-corrected chi connectivity index (χ2v) is 5.37. The molecule has 2 aromatic carbocycles. The van der Waals surface area contributed by atoms with Crippen LogP contribution in [-0.4, -0.2) is 18.4 Å². The van der Waals surface area contributed by atoms with Crippen LogP contribution in [0.5, 0.6) is 0 Å². The summed E-state index contributed by atoms with van der Waals surface area (Å²) in [6.07, 6.45) is -4.71. The van der Waals surface area contributed by atoms with Crippen molar-refractivity contribution in [2.45, 2.75) is 6.18 Å². The molecular weight excluding hydrogens is 364 g/mol. The smallest absolute Gasteiger partial charge is 0.343 e. The minimum Gasteiger partial charge on any atom is -0.343 e. The highest BCUT2D eigenvalue weighted by Gasteiger charge is 2.34. The summed E-state index contributed by atoms with van der Waals surface area (Å²) in [5.41, 5.74) is -1.61. The molecular formula is C16H11ClF4N2O2. The molecule has 0 unspecified atom stereocenters. The van der Waals surface area contributed by atoms with Gasteiger partial charge in [-0.15, -0.1) is 0 Å². The molecule has 0 saturated heterocycles. The molecule has 2 N–H and O–H groups in total. The molecule has 2 rings (SSSR count). The standard InChI is InChI=1S/C16H11ClF4N2O2/c17-10-4-5-13(12(7-10)16(19,20)21)23-14(24)8-22-15(25)9-2-1-3-11(18)6-9/h1-7H,8H2,(H,22,25)(H,23,24). The Labute approximate surface area is 144 Å². The number of alkyl halides is 3. The average molecular weight is 375 g/mol. The number of rotatable bonds is 4. The predicted octanol–water partition coefficient (Wildman–Crippen LogP) is 3.87. The number of amides is 2. The molecule has 4 nitrogen and oxygen atoms in total. The number of carbonyl (C=O) groups is 2. The van der Waals surface area contributed by atoms with E-state index in [1.165, 1.54) is 18.2 Å². The number of carbonyl (C=O) groups excluding carboxylic acids is 2. The minimum atomic E-state index is -4.71. The first kappa shape index (κ1) is 18.7. The molecule has 0 atom stereocenters. The van der Waals surface area contributed by atoms with Crippen LogP contribution in [-0.2, 0) is 11.0 Å². The molecule has 0 heterocycles. The number of anilines is 1. The molecule has 0 aliphatic heterocycles. The first-order valence-corrected chi connectivity index (χ1v) is 7.25. The van der Waals surface area contributed by atoms with E-state index in [1.807, 2.05) is 0 Å². The summed E-state index contributed by atoms with van der Waals surface area (Å²) >= 11 is 5.54. The third-order valence-corrected chi connectivity index (χ3v) is 3.29. The lowest BCUT2D eigenvalue weighted by molar-refractivity contribution is -0.137. The zero-order chi connectivity index (χ0) is 18.6. The molecule has 2 amide bonds. The van der Waals surface area contributed by atoms with Gasteiger partial charge < -0.3 is 10.6 Å². The van der Waals surface area contributed by atoms with Gasteiger partial charge in [0, 0.05) is 10.6 Å². The van der Waals surface area contributed by atoms with Crippen molar-refractivity contribution in [3.8, 4) is 0 Å². The Morgan fingerprint density at radius 1 is 1.08 bits per heavy atom. The van der Waals surface area contributed by atoms with Crippen molar-refractivity contribution in [1.29, 1.82) is 0 Å². The van der Waals surface area contributed by atoms with E-state index in [0.29, 0.717) is 6.07 Å². The van der Waals surface area contributed by atoms with E-state index in [2.05, 4.69) is 10.6 Å². The summed E-state index contributed by atoms with van der Waals surface area (Å²) in [5.74, 6) is -2.24. The molecule has 0 bridgehead atoms. The lowest BCUT2D eigenvalue weighted by atomic mass is 10.1. The van der Waals surface area contributed by atoms with Crippen molar-refractivity contribution in [2.75, 3.05) is 11.9 Å². The molecule has 0 aliphatic carbocycles. The maximum atomic E-state index is 13.0. The van der Waals surface area contributed by atoms with Crippen molar-refractivity contribution in [2.24, 2.45) is 0 Å². The fraction of sp³-hybridized carbons (Fsp3) is 0.125. The largest absolute Gasteiger partial charge is 0.418 e. The zero-order valence-corrected chi connectivity index (χ0v) is 13.2. The van der Waals surface area contributed by atoms with E-state index in [9.17, 15) is 27.2 Å². The molecule has 25 heavy (non-hydrogen) atoms. The van der Waals surface area contributed by atoms with E-state index in [0.717, 1.165) is 18.2 Å². The van der Waals surface area contributed by atoms with Gasteiger partial charge in [0.25, 0.3) is 5.91 Å². The normalized spacial score (nSPS) is 11.1. The number of hydrogen-bond acceptors (Lipinski definition) is 2. The highest BCUT2D eigenvalue weighted by molar-refractivity contribution is 6.30. The Kier molecular flexibility index (Phi) is 5.63. The minimum absolute atomic E-state index is 0.0183. The molecule has 2 aromatic rings. The zero-order valence-electron chi connectivity index (χ0n) is 12.5. The monoisotopic (exact) mass is 374 g/mol. The number of hydrogen-bond donors (Lipinski definition) is 2. The van der Waals surface area contributed by atoms with Crippen LogP contribution in [0.2, 0.25) is 5.02 Å². The predicted molar refractivity (Wildman–Crippen MR) is 83.8 cm³/mol. The molecule has 0 aromatic heterocycles. The molecule has 0 aliphatic rings. The van der Waals surface area contributed by atoms with Gasteiger partial charge >= 0.3 is 6.18 Å². The van der Waals surface area contributed by atoms with Gasteiger partial charge in [0.05, 0.1) is 17.8 Å². The van der Waals surface area contributed by atoms with Crippen LogP contribution in [0, 0.1) is 5.82 Å². The van der Waals surface area contributed by atoms with Gasteiger partial charge in [0.2, 0.25) is 5.91 Å². The molecule has 9 heteroatoms. The second kappa shape index (κ2) is 7.52. The Hall–Kier alpha value is -2.61. The fourth-order valence-corrected chi connectivity index (χ4v) is 2.12. The number of nitrogens with one attached hydrogen (secondary N) is 2. The van der Waals surface area contributed by atoms with E-state index in [1.54, 1.807) is 0 Å². The first-order chi connectivity index (χ1) is 11.7. The van der Waals surface area contributed by atoms with E-state index < -0.39 is 41.6 Å². The van der Waals surface area contributed by atoms with Crippen molar-refractivity contribution in [3.05, 3.63) is 64.4 Å². The van der Waals surface area contributed by atoms with Crippen LogP contribution in [0.15, 0.2) is 42.5 Å². The molecule has 132 valence electrons. The SMILES string of the molecule is O=C(CNC(=O)c1cccc(F)c1)Nc1ccc(Cl)cc1C(F)(F)F. The summed E-state index contributed by atoms with van der Waals surface area (Å²) in [5, 5.41) is 4.11. The maximum Gasteiger partial charge on any atom is 0.418 e. The quantitative estimate of drug-likeness (QED) is 0.798. The van der Waals surface area contributed by atoms with Gasteiger partial charge in [-0.3, -0.25) is 9.59 Å². The van der Waals surface area contributed by atoms with Gasteiger partial charge in [-0.2, -0.15) is 13.2 Å². The van der Waals surface area contributed by atoms with E-state index in [-0.39, 0.29) is 10.6 Å². The van der Waals surface area contributed by atoms with Crippen LogP contribution in [0.1, 0.15) is 15.9 Å². The topological polar surface area (TPSA) is 58.2 Å². The Bertz CT molecular complexity index is 809. The fourth-order valence-electron chi connectivity index (χ4n) is 1.95. The summed E-state index contributed by atoms with van der Waals surface area (Å²) in [7, 11) is 0. The van der Waals surface area contributed by atoms with Crippen LogP contribution < -0.4 is 10.6 Å².